The number of non-ortho nitro benzene ring substituents is 1. The van der Waals surface area contributed by atoms with Crippen molar-refractivity contribution in [2.75, 3.05) is 25.0 Å². The van der Waals surface area contributed by atoms with Crippen LogP contribution in [0.15, 0.2) is 42.5 Å². The van der Waals surface area contributed by atoms with E-state index in [1.165, 1.54) is 0 Å². The zero-order valence-corrected chi connectivity index (χ0v) is 15.5. The van der Waals surface area contributed by atoms with E-state index in [0.29, 0.717) is 24.3 Å². The Bertz CT molecular complexity index is 866. The summed E-state index contributed by atoms with van der Waals surface area (Å²) in [6.45, 7) is 4.51. The lowest BCUT2D eigenvalue weighted by Crippen LogP contribution is -2.30. The Kier molecular flexibility index (Phi) is 7.02. The summed E-state index contributed by atoms with van der Waals surface area (Å²) < 4.78 is 18.8. The number of benzene rings is 2. The first-order chi connectivity index (χ1) is 13.3. The number of carbonyl (C=O) groups is 2. The van der Waals surface area contributed by atoms with Crippen molar-refractivity contribution in [3.05, 3.63) is 64.0 Å². The molecule has 0 unspecified atom stereocenters. The van der Waals surface area contributed by atoms with E-state index >= 15 is 0 Å². The molecule has 9 heteroatoms. The van der Waals surface area contributed by atoms with E-state index in [9.17, 15) is 24.1 Å². The van der Waals surface area contributed by atoms with Crippen LogP contribution in [0.2, 0.25) is 0 Å². The molecule has 148 valence electrons. The van der Waals surface area contributed by atoms with Crippen LogP contribution in [0.5, 0.6) is 5.75 Å². The molecule has 0 saturated carbocycles. The van der Waals surface area contributed by atoms with Crippen molar-refractivity contribution in [1.82, 2.24) is 4.90 Å². The molecule has 0 atom stereocenters. The second kappa shape index (κ2) is 9.45. The first kappa shape index (κ1) is 20.8. The number of nitrogens with one attached hydrogen (secondary N) is 1. The summed E-state index contributed by atoms with van der Waals surface area (Å²) in [6.07, 6.45) is 0. The number of amides is 2. The van der Waals surface area contributed by atoms with Crippen LogP contribution in [0.25, 0.3) is 0 Å². The zero-order valence-electron chi connectivity index (χ0n) is 15.5. The number of ether oxygens (including phenoxy) is 1. The SMILES string of the molecule is CCN(CC)C(=O)c1ccc(NC(=O)COc2ccc([N+](=O)[O-])cc2F)cc1. The summed E-state index contributed by atoms with van der Waals surface area (Å²) in [4.78, 5) is 35.7. The van der Waals surface area contributed by atoms with E-state index < -0.39 is 28.9 Å². The number of hydrogen-bond donors (Lipinski definition) is 1. The number of hydrogen-bond acceptors (Lipinski definition) is 5. The van der Waals surface area contributed by atoms with Gasteiger partial charge in [-0.3, -0.25) is 19.7 Å². The zero-order chi connectivity index (χ0) is 20.7. The van der Waals surface area contributed by atoms with Gasteiger partial charge in [0.2, 0.25) is 0 Å². The number of halogens is 1. The molecule has 0 aliphatic heterocycles. The number of anilines is 1. The average molecular weight is 389 g/mol. The standard InChI is InChI=1S/C19H20FN3O5/c1-3-22(4-2)19(25)13-5-7-14(8-6-13)21-18(24)12-28-17-10-9-15(23(26)27)11-16(17)20/h5-11H,3-4,12H2,1-2H3,(H,21,24). The molecule has 0 spiro atoms. The van der Waals surface area contributed by atoms with Crippen LogP contribution in [0.4, 0.5) is 15.8 Å². The summed E-state index contributed by atoms with van der Waals surface area (Å²) in [5.74, 6) is -1.83. The van der Waals surface area contributed by atoms with Gasteiger partial charge >= 0.3 is 0 Å². The Morgan fingerprint density at radius 3 is 2.32 bits per heavy atom. The van der Waals surface area contributed by atoms with E-state index in [2.05, 4.69) is 5.32 Å². The number of carbonyl (C=O) groups excluding carboxylic acids is 2. The first-order valence-corrected chi connectivity index (χ1v) is 8.61. The smallest absolute Gasteiger partial charge is 0.272 e. The third-order valence-corrected chi connectivity index (χ3v) is 3.95. The Labute approximate surface area is 161 Å². The van der Waals surface area contributed by atoms with Gasteiger partial charge in [-0.2, -0.15) is 0 Å². The van der Waals surface area contributed by atoms with Crippen LogP contribution < -0.4 is 10.1 Å². The van der Waals surface area contributed by atoms with Crippen molar-refractivity contribution in [2.45, 2.75) is 13.8 Å². The molecule has 2 rings (SSSR count). The van der Waals surface area contributed by atoms with E-state index in [4.69, 9.17) is 4.74 Å². The lowest BCUT2D eigenvalue weighted by Gasteiger charge is -2.18. The molecule has 0 saturated heterocycles. The van der Waals surface area contributed by atoms with Crippen molar-refractivity contribution < 1.29 is 23.6 Å². The highest BCUT2D eigenvalue weighted by atomic mass is 19.1. The Balaban J connectivity index is 1.93. The van der Waals surface area contributed by atoms with Gasteiger partial charge in [-0.05, 0) is 44.2 Å². The van der Waals surface area contributed by atoms with Gasteiger partial charge in [0, 0.05) is 30.4 Å². The van der Waals surface area contributed by atoms with Crippen LogP contribution in [0.1, 0.15) is 24.2 Å². The molecule has 0 aromatic heterocycles. The van der Waals surface area contributed by atoms with Gasteiger partial charge in [0.05, 0.1) is 11.0 Å². The molecule has 0 aliphatic carbocycles. The second-order valence-electron chi connectivity index (χ2n) is 5.76. The highest BCUT2D eigenvalue weighted by molar-refractivity contribution is 5.96. The van der Waals surface area contributed by atoms with Crippen molar-refractivity contribution in [2.24, 2.45) is 0 Å². The average Bonchev–Trinajstić information content (AvgIpc) is 2.68. The molecular weight excluding hydrogens is 369 g/mol. The van der Waals surface area contributed by atoms with E-state index in [1.807, 2.05) is 13.8 Å². The summed E-state index contributed by atoms with van der Waals surface area (Å²) in [5, 5.41) is 13.1. The molecule has 28 heavy (non-hydrogen) atoms. The molecule has 1 N–H and O–H groups in total. The Morgan fingerprint density at radius 2 is 1.79 bits per heavy atom. The largest absolute Gasteiger partial charge is 0.481 e. The molecule has 0 radical (unpaired) electrons. The number of nitro groups is 1. The minimum atomic E-state index is -0.929. The third kappa shape index (κ3) is 5.26. The predicted molar refractivity (Wildman–Crippen MR) is 101 cm³/mol. The van der Waals surface area contributed by atoms with Gasteiger partial charge < -0.3 is 15.0 Å². The summed E-state index contributed by atoms with van der Waals surface area (Å²) >= 11 is 0. The fraction of sp³-hybridized carbons (Fsp3) is 0.263. The second-order valence-corrected chi connectivity index (χ2v) is 5.76. The first-order valence-electron chi connectivity index (χ1n) is 8.61. The molecule has 2 aromatic carbocycles. The Hall–Kier alpha value is -3.49. The van der Waals surface area contributed by atoms with Crippen LogP contribution >= 0.6 is 0 Å². The topological polar surface area (TPSA) is 102 Å². The molecule has 0 aliphatic rings. The van der Waals surface area contributed by atoms with Gasteiger partial charge in [-0.25, -0.2) is 4.39 Å². The summed E-state index contributed by atoms with van der Waals surface area (Å²) in [6, 6.07) is 9.28. The van der Waals surface area contributed by atoms with Crippen LogP contribution in [0, 0.1) is 15.9 Å². The minimum absolute atomic E-state index is 0.0974. The molecular formula is C19H20FN3O5. The minimum Gasteiger partial charge on any atom is -0.481 e. The normalized spacial score (nSPS) is 10.2. The molecule has 2 amide bonds. The third-order valence-electron chi connectivity index (χ3n) is 3.95. The van der Waals surface area contributed by atoms with Gasteiger partial charge in [-0.15, -0.1) is 0 Å². The molecule has 8 nitrogen and oxygen atoms in total. The Morgan fingerprint density at radius 1 is 1.14 bits per heavy atom. The van der Waals surface area contributed by atoms with Gasteiger partial charge in [0.15, 0.2) is 18.2 Å². The van der Waals surface area contributed by atoms with Crippen molar-refractivity contribution in [3.63, 3.8) is 0 Å². The monoisotopic (exact) mass is 389 g/mol. The number of nitrogens with zero attached hydrogens (tertiary/aromatic N) is 2. The fourth-order valence-corrected chi connectivity index (χ4v) is 2.45. The highest BCUT2D eigenvalue weighted by Crippen LogP contribution is 2.22. The summed E-state index contributed by atoms with van der Waals surface area (Å²) in [7, 11) is 0. The fourth-order valence-electron chi connectivity index (χ4n) is 2.45. The number of rotatable bonds is 8. The van der Waals surface area contributed by atoms with E-state index in [1.54, 1.807) is 29.2 Å². The predicted octanol–water partition coefficient (Wildman–Crippen LogP) is 3.23. The molecule has 0 fully saturated rings. The van der Waals surface area contributed by atoms with Crippen LogP contribution in [-0.4, -0.2) is 41.3 Å². The van der Waals surface area contributed by atoms with Crippen molar-refractivity contribution >= 4 is 23.2 Å². The molecule has 2 aromatic rings. The maximum atomic E-state index is 13.7. The quantitative estimate of drug-likeness (QED) is 0.552. The lowest BCUT2D eigenvalue weighted by molar-refractivity contribution is -0.385. The van der Waals surface area contributed by atoms with E-state index in [-0.39, 0.29) is 11.7 Å². The summed E-state index contributed by atoms with van der Waals surface area (Å²) in [5.41, 5.74) is 0.549. The van der Waals surface area contributed by atoms with Gasteiger partial charge in [0.25, 0.3) is 17.5 Å². The van der Waals surface area contributed by atoms with Crippen LogP contribution in [0.3, 0.4) is 0 Å². The molecule has 0 bridgehead atoms. The lowest BCUT2D eigenvalue weighted by atomic mass is 10.2. The van der Waals surface area contributed by atoms with Crippen molar-refractivity contribution in [1.29, 1.82) is 0 Å². The van der Waals surface area contributed by atoms with E-state index in [0.717, 1.165) is 18.2 Å². The molecule has 0 heterocycles. The van der Waals surface area contributed by atoms with Crippen LogP contribution in [-0.2, 0) is 4.79 Å². The maximum absolute atomic E-state index is 13.7. The van der Waals surface area contributed by atoms with Gasteiger partial charge in [-0.1, -0.05) is 0 Å². The highest BCUT2D eigenvalue weighted by Gasteiger charge is 2.14. The maximum Gasteiger partial charge on any atom is 0.272 e. The number of nitro benzene ring substituents is 1. The van der Waals surface area contributed by atoms with Crippen molar-refractivity contribution in [3.8, 4) is 5.75 Å². The van der Waals surface area contributed by atoms with Gasteiger partial charge in [0.1, 0.15) is 0 Å².